The van der Waals surface area contributed by atoms with Crippen LogP contribution < -0.4 is 0 Å². The van der Waals surface area contributed by atoms with E-state index >= 15 is 0 Å². The lowest BCUT2D eigenvalue weighted by molar-refractivity contribution is 1.29. The molecule has 1 aromatic rings. The molecule has 0 fully saturated rings. The van der Waals surface area contributed by atoms with Crippen molar-refractivity contribution in [3.8, 4) is 24.0 Å². The van der Waals surface area contributed by atoms with Crippen LogP contribution in [0, 0.1) is 34.5 Å². The molecule has 1 aromatic heterocycles. The van der Waals surface area contributed by atoms with Gasteiger partial charge in [-0.05, 0) is 12.0 Å². The van der Waals surface area contributed by atoms with E-state index in [0.717, 1.165) is 0 Å². The molecular weight excluding hydrogens is 186 g/mol. The standard InChI is InChI=1S/C9H2ClN3/c10-9-8(2-1-3-11)4-7(5-12)6-13-9/h4,6H. The summed E-state index contributed by atoms with van der Waals surface area (Å²) in [5, 5.41) is 16.9. The molecule has 4 heteroatoms. The van der Waals surface area contributed by atoms with Crippen molar-refractivity contribution in [2.45, 2.75) is 0 Å². The van der Waals surface area contributed by atoms with Crippen LogP contribution in [0.15, 0.2) is 12.3 Å². The van der Waals surface area contributed by atoms with Crippen LogP contribution in [-0.2, 0) is 0 Å². The summed E-state index contributed by atoms with van der Waals surface area (Å²) in [5.74, 6) is 4.66. The van der Waals surface area contributed by atoms with Crippen molar-refractivity contribution >= 4 is 11.6 Å². The average Bonchev–Trinajstić information content (AvgIpc) is 2.17. The maximum Gasteiger partial charge on any atom is 0.152 e. The van der Waals surface area contributed by atoms with Crippen LogP contribution in [0.1, 0.15) is 11.1 Å². The second-order valence-electron chi connectivity index (χ2n) is 2.04. The third-order valence-corrected chi connectivity index (χ3v) is 1.52. The summed E-state index contributed by atoms with van der Waals surface area (Å²) in [5.41, 5.74) is 0.758. The first-order valence-electron chi connectivity index (χ1n) is 3.23. The fraction of sp³-hybridized carbons (Fsp3) is 0. The summed E-state index contributed by atoms with van der Waals surface area (Å²) in [6.45, 7) is 0. The Kier molecular flexibility index (Phi) is 2.87. The van der Waals surface area contributed by atoms with E-state index in [1.807, 2.05) is 6.07 Å². The molecule has 0 atom stereocenters. The molecule has 0 saturated carbocycles. The molecule has 0 N–H and O–H groups in total. The molecule has 0 unspecified atom stereocenters. The highest BCUT2D eigenvalue weighted by Crippen LogP contribution is 2.12. The normalized spacial score (nSPS) is 7.62. The number of hydrogen-bond acceptors (Lipinski definition) is 3. The number of rotatable bonds is 0. The minimum Gasteiger partial charge on any atom is -0.242 e. The summed E-state index contributed by atoms with van der Waals surface area (Å²) >= 11 is 5.66. The largest absolute Gasteiger partial charge is 0.242 e. The highest BCUT2D eigenvalue weighted by atomic mass is 35.5. The van der Waals surface area contributed by atoms with Gasteiger partial charge in [0.05, 0.1) is 11.1 Å². The van der Waals surface area contributed by atoms with Gasteiger partial charge in [-0.2, -0.15) is 10.5 Å². The molecule has 0 radical (unpaired) electrons. The second-order valence-corrected chi connectivity index (χ2v) is 2.39. The van der Waals surface area contributed by atoms with Gasteiger partial charge in [-0.25, -0.2) is 4.98 Å². The Hall–Kier alpha value is -2.02. The van der Waals surface area contributed by atoms with Crippen molar-refractivity contribution in [3.63, 3.8) is 0 Å². The zero-order valence-corrected chi connectivity index (χ0v) is 7.13. The van der Waals surface area contributed by atoms with Crippen molar-refractivity contribution in [3.05, 3.63) is 28.5 Å². The summed E-state index contributed by atoms with van der Waals surface area (Å²) in [4.78, 5) is 3.73. The Morgan fingerprint density at radius 3 is 2.77 bits per heavy atom. The summed E-state index contributed by atoms with van der Waals surface area (Å²) in [6.07, 6.45) is 1.35. The molecule has 0 aliphatic heterocycles. The second kappa shape index (κ2) is 4.12. The lowest BCUT2D eigenvalue weighted by atomic mass is 10.2. The number of aromatic nitrogens is 1. The molecule has 0 aliphatic rings. The molecule has 0 bridgehead atoms. The van der Waals surface area contributed by atoms with Gasteiger partial charge in [-0.3, -0.25) is 0 Å². The molecule has 0 spiro atoms. The quantitative estimate of drug-likeness (QED) is 0.457. The summed E-state index contributed by atoms with van der Waals surface area (Å²) < 4.78 is 0. The maximum absolute atomic E-state index is 8.53. The van der Waals surface area contributed by atoms with Gasteiger partial charge in [0, 0.05) is 12.1 Å². The molecule has 0 aromatic carbocycles. The Labute approximate surface area is 80.2 Å². The lowest BCUT2D eigenvalue weighted by Crippen LogP contribution is -1.84. The Bertz CT molecular complexity index is 468. The number of hydrogen-bond donors (Lipinski definition) is 0. The summed E-state index contributed by atoms with van der Waals surface area (Å²) in [6, 6.07) is 5.04. The summed E-state index contributed by atoms with van der Waals surface area (Å²) in [7, 11) is 0. The van der Waals surface area contributed by atoms with Crippen molar-refractivity contribution in [1.82, 2.24) is 4.98 Å². The molecule has 0 saturated heterocycles. The Morgan fingerprint density at radius 1 is 1.38 bits per heavy atom. The van der Waals surface area contributed by atoms with Crippen molar-refractivity contribution in [2.24, 2.45) is 0 Å². The molecule has 13 heavy (non-hydrogen) atoms. The van der Waals surface area contributed by atoms with E-state index < -0.39 is 0 Å². The number of nitrogens with zero attached hydrogens (tertiary/aromatic N) is 3. The van der Waals surface area contributed by atoms with E-state index in [-0.39, 0.29) is 5.15 Å². The first-order valence-corrected chi connectivity index (χ1v) is 3.61. The molecule has 1 rings (SSSR count). The number of halogens is 1. The van der Waals surface area contributed by atoms with E-state index in [9.17, 15) is 0 Å². The van der Waals surface area contributed by atoms with Crippen LogP contribution in [0.3, 0.4) is 0 Å². The van der Waals surface area contributed by atoms with Crippen molar-refractivity contribution < 1.29 is 0 Å². The highest BCUT2D eigenvalue weighted by molar-refractivity contribution is 6.30. The van der Waals surface area contributed by atoms with Gasteiger partial charge in [0.15, 0.2) is 6.07 Å². The topological polar surface area (TPSA) is 60.5 Å². The smallest absolute Gasteiger partial charge is 0.152 e. The fourth-order valence-electron chi connectivity index (χ4n) is 0.692. The van der Waals surface area contributed by atoms with E-state index in [1.54, 1.807) is 6.07 Å². The van der Waals surface area contributed by atoms with Crippen LogP contribution >= 0.6 is 11.6 Å². The molecule has 60 valence electrons. The van der Waals surface area contributed by atoms with Crippen LogP contribution in [-0.4, -0.2) is 4.98 Å². The third-order valence-electron chi connectivity index (χ3n) is 1.22. The van der Waals surface area contributed by atoms with Gasteiger partial charge in [-0.1, -0.05) is 11.6 Å². The third kappa shape index (κ3) is 2.20. The van der Waals surface area contributed by atoms with E-state index in [4.69, 9.17) is 22.1 Å². The number of pyridine rings is 1. The minimum absolute atomic E-state index is 0.196. The van der Waals surface area contributed by atoms with E-state index in [1.165, 1.54) is 12.3 Å². The van der Waals surface area contributed by atoms with Gasteiger partial charge in [0.25, 0.3) is 0 Å². The van der Waals surface area contributed by atoms with Crippen LogP contribution in [0.25, 0.3) is 0 Å². The zero-order valence-electron chi connectivity index (χ0n) is 6.37. The molecule has 0 amide bonds. The monoisotopic (exact) mass is 187 g/mol. The first-order chi connectivity index (χ1) is 6.27. The molecular formula is C9H2ClN3. The maximum atomic E-state index is 8.53. The average molecular weight is 188 g/mol. The molecule has 3 nitrogen and oxygen atoms in total. The predicted octanol–water partition coefficient (Wildman–Crippen LogP) is 1.48. The highest BCUT2D eigenvalue weighted by Gasteiger charge is 1.99. The first kappa shape index (κ1) is 9.07. The van der Waals surface area contributed by atoms with Gasteiger partial charge >= 0.3 is 0 Å². The SMILES string of the molecule is N#CC#Cc1cc(C#N)cnc1Cl. The Balaban J connectivity index is 3.23. The van der Waals surface area contributed by atoms with Crippen LogP contribution in [0.4, 0.5) is 0 Å². The van der Waals surface area contributed by atoms with Gasteiger partial charge in [0.1, 0.15) is 11.2 Å². The minimum atomic E-state index is 0.196. The van der Waals surface area contributed by atoms with E-state index in [2.05, 4.69) is 16.8 Å². The Morgan fingerprint density at radius 2 is 2.15 bits per heavy atom. The molecule has 1 heterocycles. The van der Waals surface area contributed by atoms with Crippen LogP contribution in [0.5, 0.6) is 0 Å². The predicted molar refractivity (Wildman–Crippen MR) is 46.5 cm³/mol. The van der Waals surface area contributed by atoms with Gasteiger partial charge in [-0.15, -0.1) is 0 Å². The van der Waals surface area contributed by atoms with Gasteiger partial charge in [0.2, 0.25) is 0 Å². The van der Waals surface area contributed by atoms with E-state index in [0.29, 0.717) is 11.1 Å². The molecule has 0 aliphatic carbocycles. The lowest BCUT2D eigenvalue weighted by Gasteiger charge is -1.93. The van der Waals surface area contributed by atoms with Crippen molar-refractivity contribution in [2.75, 3.05) is 0 Å². The zero-order chi connectivity index (χ0) is 9.68. The fourth-order valence-corrected chi connectivity index (χ4v) is 0.843. The van der Waals surface area contributed by atoms with Crippen molar-refractivity contribution in [1.29, 1.82) is 10.5 Å². The number of nitriles is 2. The van der Waals surface area contributed by atoms with Gasteiger partial charge < -0.3 is 0 Å². The van der Waals surface area contributed by atoms with Crippen LogP contribution in [0.2, 0.25) is 5.15 Å².